The third-order valence-corrected chi connectivity index (χ3v) is 4.38. The average Bonchev–Trinajstić information content (AvgIpc) is 2.35. The largest absolute Gasteiger partial charge is 0.393 e. The molecule has 0 fully saturated rings. The van der Waals surface area contributed by atoms with Gasteiger partial charge in [-0.15, -0.1) is 0 Å². The molecule has 1 heterocycles. The van der Waals surface area contributed by atoms with Gasteiger partial charge in [0.1, 0.15) is 0 Å². The van der Waals surface area contributed by atoms with Crippen LogP contribution in [0.3, 0.4) is 0 Å². The summed E-state index contributed by atoms with van der Waals surface area (Å²) in [7, 11) is 0. The maximum absolute atomic E-state index is 12.6. The van der Waals surface area contributed by atoms with E-state index in [1.807, 2.05) is 32.0 Å². The molecular weight excluding hydrogens is 311 g/mol. The molecular formula is C17H15ClF3N. The fourth-order valence-electron chi connectivity index (χ4n) is 3.12. The Morgan fingerprint density at radius 3 is 2.50 bits per heavy atom. The van der Waals surface area contributed by atoms with E-state index in [0.717, 1.165) is 16.8 Å². The zero-order valence-corrected chi connectivity index (χ0v) is 12.9. The summed E-state index contributed by atoms with van der Waals surface area (Å²) in [5, 5.41) is 3.86. The molecule has 1 aliphatic heterocycles. The summed E-state index contributed by atoms with van der Waals surface area (Å²) in [5.41, 5.74) is 3.34. The van der Waals surface area contributed by atoms with Crippen LogP contribution in [0.1, 0.15) is 30.5 Å². The highest BCUT2D eigenvalue weighted by Gasteiger charge is 2.35. The van der Waals surface area contributed by atoms with E-state index in [9.17, 15) is 13.2 Å². The maximum atomic E-state index is 12.6. The Balaban J connectivity index is 2.10. The third kappa shape index (κ3) is 2.56. The van der Waals surface area contributed by atoms with Crippen molar-refractivity contribution in [3.63, 3.8) is 0 Å². The number of nitrogens with one attached hydrogen (secondary N) is 1. The molecule has 0 radical (unpaired) electrons. The molecule has 0 atom stereocenters. The van der Waals surface area contributed by atoms with E-state index >= 15 is 0 Å². The van der Waals surface area contributed by atoms with Crippen molar-refractivity contribution in [2.24, 2.45) is 0 Å². The molecule has 1 nitrogen and oxygen atoms in total. The molecule has 0 bridgehead atoms. The minimum absolute atomic E-state index is 0.250. The second-order valence-electron chi connectivity index (χ2n) is 6.08. The van der Waals surface area contributed by atoms with Crippen molar-refractivity contribution in [2.75, 3.05) is 5.32 Å². The van der Waals surface area contributed by atoms with Crippen molar-refractivity contribution in [3.8, 4) is 0 Å². The lowest BCUT2D eigenvalue weighted by Gasteiger charge is -2.36. The Labute approximate surface area is 132 Å². The molecule has 22 heavy (non-hydrogen) atoms. The summed E-state index contributed by atoms with van der Waals surface area (Å²) in [4.78, 5) is 0. The second-order valence-corrected chi connectivity index (χ2v) is 6.49. The molecule has 1 aliphatic rings. The first-order valence-corrected chi connectivity index (χ1v) is 7.32. The zero-order valence-electron chi connectivity index (χ0n) is 12.2. The topological polar surface area (TPSA) is 12.0 Å². The van der Waals surface area contributed by atoms with Crippen molar-refractivity contribution in [2.45, 2.75) is 31.9 Å². The number of rotatable bonds is 1. The van der Waals surface area contributed by atoms with Crippen molar-refractivity contribution < 1.29 is 13.2 Å². The van der Waals surface area contributed by atoms with Gasteiger partial charge >= 0.3 is 6.18 Å². The van der Waals surface area contributed by atoms with Gasteiger partial charge in [0.25, 0.3) is 0 Å². The van der Waals surface area contributed by atoms with Gasteiger partial charge in [0.15, 0.2) is 0 Å². The lowest BCUT2D eigenvalue weighted by atomic mass is 9.74. The first-order valence-electron chi connectivity index (χ1n) is 6.95. The standard InChI is InChI=1S/C17H15ClF3N/c1-16(2)11-7-6-10(9-17(19,20)21)8-14(11)22-13-5-3-4-12(18)15(13)16/h3-8,22H,9H2,1-2H3. The van der Waals surface area contributed by atoms with Crippen LogP contribution in [-0.4, -0.2) is 6.18 Å². The fourth-order valence-corrected chi connectivity index (χ4v) is 3.54. The van der Waals surface area contributed by atoms with Crippen LogP contribution in [-0.2, 0) is 11.8 Å². The van der Waals surface area contributed by atoms with Crippen LogP contribution in [0.15, 0.2) is 36.4 Å². The molecule has 0 aliphatic carbocycles. The average molecular weight is 326 g/mol. The minimum Gasteiger partial charge on any atom is -0.355 e. The molecule has 2 aromatic carbocycles. The van der Waals surface area contributed by atoms with Crippen LogP contribution in [0.4, 0.5) is 24.5 Å². The Hall–Kier alpha value is -1.68. The smallest absolute Gasteiger partial charge is 0.355 e. The van der Waals surface area contributed by atoms with E-state index in [4.69, 9.17) is 11.6 Å². The van der Waals surface area contributed by atoms with E-state index in [0.29, 0.717) is 10.7 Å². The minimum atomic E-state index is -4.21. The van der Waals surface area contributed by atoms with Gasteiger partial charge in [-0.1, -0.05) is 43.6 Å². The van der Waals surface area contributed by atoms with Crippen LogP contribution in [0, 0.1) is 0 Å². The van der Waals surface area contributed by atoms with Crippen molar-refractivity contribution >= 4 is 23.0 Å². The molecule has 5 heteroatoms. The number of hydrogen-bond donors (Lipinski definition) is 1. The lowest BCUT2D eigenvalue weighted by molar-refractivity contribution is -0.127. The van der Waals surface area contributed by atoms with Gasteiger partial charge in [-0.2, -0.15) is 13.2 Å². The zero-order chi connectivity index (χ0) is 16.1. The van der Waals surface area contributed by atoms with Crippen LogP contribution < -0.4 is 5.32 Å². The van der Waals surface area contributed by atoms with Crippen LogP contribution in [0.25, 0.3) is 0 Å². The van der Waals surface area contributed by atoms with Gasteiger partial charge in [0.2, 0.25) is 0 Å². The van der Waals surface area contributed by atoms with Gasteiger partial charge in [0.05, 0.1) is 6.42 Å². The Morgan fingerprint density at radius 1 is 1.09 bits per heavy atom. The highest BCUT2D eigenvalue weighted by atomic mass is 35.5. The van der Waals surface area contributed by atoms with Crippen molar-refractivity contribution in [3.05, 3.63) is 58.1 Å². The van der Waals surface area contributed by atoms with E-state index in [-0.39, 0.29) is 11.0 Å². The molecule has 0 saturated carbocycles. The maximum Gasteiger partial charge on any atom is 0.393 e. The number of hydrogen-bond acceptors (Lipinski definition) is 1. The first-order chi connectivity index (χ1) is 10.2. The van der Waals surface area contributed by atoms with Gasteiger partial charge in [-0.05, 0) is 29.3 Å². The molecule has 116 valence electrons. The molecule has 0 unspecified atom stereocenters. The second kappa shape index (κ2) is 4.92. The molecule has 0 spiro atoms. The predicted molar refractivity (Wildman–Crippen MR) is 83.1 cm³/mol. The monoisotopic (exact) mass is 325 g/mol. The van der Waals surface area contributed by atoms with Crippen LogP contribution in [0.2, 0.25) is 5.02 Å². The SMILES string of the molecule is CC1(C)c2ccc(CC(F)(F)F)cc2Nc2cccc(Cl)c21. The summed E-state index contributed by atoms with van der Waals surface area (Å²) < 4.78 is 37.7. The van der Waals surface area contributed by atoms with Crippen LogP contribution in [0.5, 0.6) is 0 Å². The molecule has 0 saturated heterocycles. The van der Waals surface area contributed by atoms with Crippen molar-refractivity contribution in [1.82, 2.24) is 0 Å². The molecule has 3 rings (SSSR count). The van der Waals surface area contributed by atoms with Gasteiger partial charge in [-0.3, -0.25) is 0 Å². The molecule has 2 aromatic rings. The summed E-state index contributed by atoms with van der Waals surface area (Å²) in [6.07, 6.45) is -5.13. The number of benzene rings is 2. The summed E-state index contributed by atoms with van der Waals surface area (Å²) in [6, 6.07) is 10.4. The summed E-state index contributed by atoms with van der Waals surface area (Å²) in [5.74, 6) is 0. The van der Waals surface area contributed by atoms with E-state index in [1.165, 1.54) is 6.07 Å². The quantitative estimate of drug-likeness (QED) is 0.695. The summed E-state index contributed by atoms with van der Waals surface area (Å²) in [6.45, 7) is 4.06. The van der Waals surface area contributed by atoms with E-state index in [1.54, 1.807) is 12.1 Å². The van der Waals surface area contributed by atoms with Gasteiger partial charge < -0.3 is 5.32 Å². The highest BCUT2D eigenvalue weighted by molar-refractivity contribution is 6.32. The van der Waals surface area contributed by atoms with Crippen molar-refractivity contribution in [1.29, 1.82) is 0 Å². The Bertz CT molecular complexity index is 735. The lowest BCUT2D eigenvalue weighted by Crippen LogP contribution is -2.26. The normalized spacial score (nSPS) is 15.7. The fraction of sp³-hybridized carbons (Fsp3) is 0.294. The van der Waals surface area contributed by atoms with E-state index in [2.05, 4.69) is 5.32 Å². The highest BCUT2D eigenvalue weighted by Crippen LogP contribution is 2.48. The predicted octanol–water partition coefficient (Wildman–Crippen LogP) is 5.83. The van der Waals surface area contributed by atoms with Crippen LogP contribution >= 0.6 is 11.6 Å². The van der Waals surface area contributed by atoms with Gasteiger partial charge in [-0.25, -0.2) is 0 Å². The summed E-state index contributed by atoms with van der Waals surface area (Å²) >= 11 is 6.32. The third-order valence-electron chi connectivity index (χ3n) is 4.07. The number of anilines is 2. The molecule has 1 N–H and O–H groups in total. The van der Waals surface area contributed by atoms with Gasteiger partial charge in [0, 0.05) is 27.4 Å². The number of halogens is 4. The number of fused-ring (bicyclic) bond motifs is 2. The Morgan fingerprint density at radius 2 is 1.82 bits per heavy atom. The molecule has 0 aromatic heterocycles. The first kappa shape index (κ1) is 15.2. The molecule has 0 amide bonds. The number of alkyl halides is 3. The Kier molecular flexibility index (Phi) is 3.40. The van der Waals surface area contributed by atoms with E-state index < -0.39 is 12.6 Å².